The third-order valence-corrected chi connectivity index (χ3v) is 2.91. The molecule has 2 rings (SSSR count). The maximum absolute atomic E-state index is 12.1. The molecule has 5 heteroatoms. The Balaban J connectivity index is 2.88. The van der Waals surface area contributed by atoms with Gasteiger partial charge in [-0.2, -0.15) is 0 Å². The minimum atomic E-state index is -0.0920. The van der Waals surface area contributed by atoms with Crippen LogP contribution in [0, 0.1) is 0 Å². The van der Waals surface area contributed by atoms with E-state index in [1.807, 2.05) is 6.92 Å². The number of benzene rings is 1. The summed E-state index contributed by atoms with van der Waals surface area (Å²) < 4.78 is 1.56. The highest BCUT2D eigenvalue weighted by atomic mass is 35.5. The largest absolute Gasteiger partial charge is 0.295 e. The van der Waals surface area contributed by atoms with Gasteiger partial charge in [-0.15, -0.1) is 11.6 Å². The monoisotopic (exact) mass is 256 g/mol. The van der Waals surface area contributed by atoms with Crippen LogP contribution in [0.5, 0.6) is 0 Å². The average Bonchev–Trinajstić information content (AvgIpc) is 2.29. The quantitative estimate of drug-likeness (QED) is 0.775. The molecule has 1 aromatic heterocycles. The van der Waals surface area contributed by atoms with Crippen molar-refractivity contribution in [3.05, 3.63) is 39.4 Å². The second-order valence-electron chi connectivity index (χ2n) is 3.37. The van der Waals surface area contributed by atoms with E-state index >= 15 is 0 Å². The number of rotatable bonds is 2. The minimum absolute atomic E-state index is 0.0920. The number of aromatic nitrogens is 2. The summed E-state index contributed by atoms with van der Waals surface area (Å²) >= 11 is 11.6. The Hall–Kier alpha value is -1.06. The van der Waals surface area contributed by atoms with E-state index in [0.29, 0.717) is 28.3 Å². The van der Waals surface area contributed by atoms with Gasteiger partial charge < -0.3 is 0 Å². The van der Waals surface area contributed by atoms with Gasteiger partial charge in [-0.05, 0) is 25.1 Å². The van der Waals surface area contributed by atoms with E-state index in [9.17, 15) is 4.79 Å². The summed E-state index contributed by atoms with van der Waals surface area (Å²) in [6.45, 7) is 2.44. The lowest BCUT2D eigenvalue weighted by atomic mass is 10.2. The molecule has 84 valence electrons. The van der Waals surface area contributed by atoms with Gasteiger partial charge in [0.05, 0.1) is 16.8 Å². The van der Waals surface area contributed by atoms with E-state index in [0.717, 1.165) is 0 Å². The molecule has 0 fully saturated rings. The Morgan fingerprint density at radius 1 is 1.44 bits per heavy atom. The molecule has 0 aliphatic carbocycles. The molecule has 3 nitrogen and oxygen atoms in total. The summed E-state index contributed by atoms with van der Waals surface area (Å²) in [6, 6.07) is 5.08. The van der Waals surface area contributed by atoms with E-state index in [-0.39, 0.29) is 11.4 Å². The van der Waals surface area contributed by atoms with Gasteiger partial charge in [0.2, 0.25) is 0 Å². The van der Waals surface area contributed by atoms with E-state index in [2.05, 4.69) is 4.98 Å². The highest BCUT2D eigenvalue weighted by Gasteiger charge is 2.09. The van der Waals surface area contributed by atoms with Crippen molar-refractivity contribution in [2.24, 2.45) is 0 Å². The van der Waals surface area contributed by atoms with Crippen molar-refractivity contribution in [1.82, 2.24) is 9.55 Å². The highest BCUT2D eigenvalue weighted by Crippen LogP contribution is 2.15. The maximum atomic E-state index is 12.1. The van der Waals surface area contributed by atoms with Crippen LogP contribution in [0.3, 0.4) is 0 Å². The van der Waals surface area contributed by atoms with Crippen molar-refractivity contribution in [2.45, 2.75) is 19.3 Å². The van der Waals surface area contributed by atoms with Crippen LogP contribution in [0.15, 0.2) is 23.0 Å². The number of alkyl halides is 1. The third kappa shape index (κ3) is 1.81. The molecule has 0 unspecified atom stereocenters. The van der Waals surface area contributed by atoms with Gasteiger partial charge in [0.1, 0.15) is 5.82 Å². The van der Waals surface area contributed by atoms with Crippen molar-refractivity contribution in [2.75, 3.05) is 0 Å². The number of fused-ring (bicyclic) bond motifs is 1. The SMILES string of the molecule is CCn1c(CCl)nc2ccc(Cl)cc2c1=O. The van der Waals surface area contributed by atoms with Crippen LogP contribution in [0.2, 0.25) is 5.02 Å². The normalized spacial score (nSPS) is 10.9. The molecule has 1 aromatic carbocycles. The Kier molecular flexibility index (Phi) is 3.17. The Morgan fingerprint density at radius 2 is 2.19 bits per heavy atom. The summed E-state index contributed by atoms with van der Waals surface area (Å²) in [5.74, 6) is 0.811. The molecule has 0 amide bonds. The van der Waals surface area contributed by atoms with Gasteiger partial charge >= 0.3 is 0 Å². The van der Waals surface area contributed by atoms with Gasteiger partial charge in [-0.1, -0.05) is 11.6 Å². The molecule has 0 spiro atoms. The smallest absolute Gasteiger partial charge is 0.261 e. The lowest BCUT2D eigenvalue weighted by Gasteiger charge is -2.09. The standard InChI is InChI=1S/C11H10Cl2N2O/c1-2-15-10(6-12)14-9-4-3-7(13)5-8(9)11(15)16/h3-5H,2,6H2,1H3. The molecule has 0 radical (unpaired) electrons. The minimum Gasteiger partial charge on any atom is -0.295 e. The molecular weight excluding hydrogens is 247 g/mol. The fourth-order valence-electron chi connectivity index (χ4n) is 1.67. The first-order valence-corrected chi connectivity index (χ1v) is 5.83. The van der Waals surface area contributed by atoms with Crippen LogP contribution in [0.25, 0.3) is 10.9 Å². The lowest BCUT2D eigenvalue weighted by molar-refractivity contribution is 0.680. The summed E-state index contributed by atoms with van der Waals surface area (Å²) in [5, 5.41) is 1.07. The fraction of sp³-hybridized carbons (Fsp3) is 0.273. The van der Waals surface area contributed by atoms with Crippen molar-refractivity contribution < 1.29 is 0 Å². The summed E-state index contributed by atoms with van der Waals surface area (Å²) in [6.07, 6.45) is 0. The van der Waals surface area contributed by atoms with Crippen LogP contribution in [-0.2, 0) is 12.4 Å². The van der Waals surface area contributed by atoms with E-state index in [4.69, 9.17) is 23.2 Å². The first-order chi connectivity index (χ1) is 7.67. The number of hydrogen-bond donors (Lipinski definition) is 0. The molecule has 16 heavy (non-hydrogen) atoms. The van der Waals surface area contributed by atoms with Crippen LogP contribution < -0.4 is 5.56 Å². The molecule has 0 atom stereocenters. The molecule has 1 heterocycles. The predicted octanol–water partition coefficient (Wildman–Crippen LogP) is 2.81. The molecular formula is C11H10Cl2N2O. The zero-order valence-electron chi connectivity index (χ0n) is 8.70. The van der Waals surface area contributed by atoms with Gasteiger partial charge in [0.15, 0.2) is 0 Å². The van der Waals surface area contributed by atoms with Gasteiger partial charge in [0, 0.05) is 11.6 Å². The number of halogens is 2. The van der Waals surface area contributed by atoms with Crippen molar-refractivity contribution in [1.29, 1.82) is 0 Å². The lowest BCUT2D eigenvalue weighted by Crippen LogP contribution is -2.24. The van der Waals surface area contributed by atoms with Crippen LogP contribution in [0.4, 0.5) is 0 Å². The fourth-order valence-corrected chi connectivity index (χ4v) is 2.04. The van der Waals surface area contributed by atoms with Crippen LogP contribution in [0.1, 0.15) is 12.7 Å². The van der Waals surface area contributed by atoms with Crippen LogP contribution >= 0.6 is 23.2 Å². The highest BCUT2D eigenvalue weighted by molar-refractivity contribution is 6.31. The second-order valence-corrected chi connectivity index (χ2v) is 4.08. The molecule has 0 bridgehead atoms. The molecule has 0 aliphatic rings. The van der Waals surface area contributed by atoms with E-state index < -0.39 is 0 Å². The molecule has 0 N–H and O–H groups in total. The summed E-state index contributed by atoms with van der Waals surface area (Å²) in [7, 11) is 0. The van der Waals surface area contributed by atoms with Gasteiger partial charge in [-0.3, -0.25) is 9.36 Å². The molecule has 0 saturated carbocycles. The first-order valence-electron chi connectivity index (χ1n) is 4.92. The molecule has 0 aliphatic heterocycles. The third-order valence-electron chi connectivity index (χ3n) is 2.43. The van der Waals surface area contributed by atoms with Crippen molar-refractivity contribution in [3.63, 3.8) is 0 Å². The zero-order chi connectivity index (χ0) is 11.7. The predicted molar refractivity (Wildman–Crippen MR) is 66.2 cm³/mol. The Labute approximate surface area is 103 Å². The average molecular weight is 257 g/mol. The summed E-state index contributed by atoms with van der Waals surface area (Å²) in [4.78, 5) is 16.4. The Bertz CT molecular complexity index is 592. The number of hydrogen-bond acceptors (Lipinski definition) is 2. The summed E-state index contributed by atoms with van der Waals surface area (Å²) in [5.41, 5.74) is 0.542. The Morgan fingerprint density at radius 3 is 2.81 bits per heavy atom. The number of nitrogens with zero attached hydrogens (tertiary/aromatic N) is 2. The second kappa shape index (κ2) is 4.44. The van der Waals surface area contributed by atoms with E-state index in [1.54, 1.807) is 22.8 Å². The van der Waals surface area contributed by atoms with E-state index in [1.165, 1.54) is 0 Å². The van der Waals surface area contributed by atoms with Crippen molar-refractivity contribution >= 4 is 34.1 Å². The molecule has 0 saturated heterocycles. The van der Waals surface area contributed by atoms with Gasteiger partial charge in [-0.25, -0.2) is 4.98 Å². The topological polar surface area (TPSA) is 34.9 Å². The van der Waals surface area contributed by atoms with Crippen LogP contribution in [-0.4, -0.2) is 9.55 Å². The zero-order valence-corrected chi connectivity index (χ0v) is 10.2. The van der Waals surface area contributed by atoms with Gasteiger partial charge in [0.25, 0.3) is 5.56 Å². The van der Waals surface area contributed by atoms with Crippen molar-refractivity contribution in [3.8, 4) is 0 Å². The first kappa shape index (κ1) is 11.4. The molecule has 2 aromatic rings. The maximum Gasteiger partial charge on any atom is 0.261 e.